The van der Waals surface area contributed by atoms with Gasteiger partial charge in [-0.2, -0.15) is 8.42 Å². The maximum atomic E-state index is 12.8. The van der Waals surface area contributed by atoms with E-state index in [1.807, 2.05) is 4.72 Å². The van der Waals surface area contributed by atoms with Gasteiger partial charge in [0.25, 0.3) is 5.91 Å². The van der Waals surface area contributed by atoms with E-state index in [2.05, 4.69) is 25.3 Å². The van der Waals surface area contributed by atoms with E-state index in [0.29, 0.717) is 38.9 Å². The molecule has 4 rings (SSSR count). The molecule has 4 aromatic rings. The average molecular weight is 543 g/mol. The van der Waals surface area contributed by atoms with E-state index in [1.54, 1.807) is 66.7 Å². The Hall–Kier alpha value is -4.29. The fourth-order valence-electron chi connectivity index (χ4n) is 3.29. The number of hydrogen-bond acceptors (Lipinski definition) is 9. The van der Waals surface area contributed by atoms with E-state index in [1.165, 1.54) is 14.2 Å². The summed E-state index contributed by atoms with van der Waals surface area (Å²) in [7, 11) is -1.35. The molecule has 0 radical (unpaired) electrons. The Labute approximate surface area is 218 Å². The Bertz CT molecular complexity index is 1530. The van der Waals surface area contributed by atoms with Crippen molar-refractivity contribution < 1.29 is 22.7 Å². The molecule has 0 unspecified atom stereocenters. The van der Waals surface area contributed by atoms with Gasteiger partial charge in [0.05, 0.1) is 42.5 Å². The lowest BCUT2D eigenvalue weighted by molar-refractivity contribution is -0.117. The molecule has 0 bridgehead atoms. The van der Waals surface area contributed by atoms with Crippen LogP contribution in [0.1, 0.15) is 0 Å². The minimum atomic E-state index is -4.37. The molecule has 37 heavy (non-hydrogen) atoms. The van der Waals surface area contributed by atoms with Crippen LogP contribution in [0.15, 0.2) is 66.7 Å². The summed E-state index contributed by atoms with van der Waals surface area (Å²) in [6, 6.07) is 18.8. The monoisotopic (exact) mass is 542 g/mol. The fourth-order valence-corrected chi connectivity index (χ4v) is 4.32. The third kappa shape index (κ3) is 6.68. The molecule has 4 N–H and O–H groups in total. The molecule has 1 aromatic heterocycles. The first-order valence-electron chi connectivity index (χ1n) is 10.8. The van der Waals surface area contributed by atoms with Crippen LogP contribution in [0.3, 0.4) is 0 Å². The van der Waals surface area contributed by atoms with Crippen molar-refractivity contribution in [2.75, 3.05) is 36.1 Å². The second kappa shape index (κ2) is 11.2. The van der Waals surface area contributed by atoms with Crippen LogP contribution in [0.4, 0.5) is 23.0 Å². The van der Waals surface area contributed by atoms with Gasteiger partial charge < -0.3 is 20.1 Å². The summed E-state index contributed by atoms with van der Waals surface area (Å²) in [4.78, 5) is 21.2. The first-order valence-corrected chi connectivity index (χ1v) is 12.7. The van der Waals surface area contributed by atoms with Gasteiger partial charge in [0.2, 0.25) is 0 Å². The third-order valence-corrected chi connectivity index (χ3v) is 6.27. The number of hydrogen-bond donors (Lipinski definition) is 4. The predicted octanol–water partition coefficient (Wildman–Crippen LogP) is 3.93. The van der Waals surface area contributed by atoms with Crippen molar-refractivity contribution in [1.82, 2.24) is 14.7 Å². The van der Waals surface area contributed by atoms with Gasteiger partial charge in [0, 0.05) is 23.9 Å². The first kappa shape index (κ1) is 25.8. The smallest absolute Gasteiger partial charge is 0.325 e. The van der Waals surface area contributed by atoms with Crippen molar-refractivity contribution in [3.8, 4) is 11.5 Å². The number of para-hydroxylation sites is 3. The number of carbonyl (C=O) groups is 1. The Morgan fingerprint density at radius 1 is 0.892 bits per heavy atom. The SMILES string of the molecule is COc1cc(Nc2nc3ccccc3nc2NS(=O)(=O)NC(=O)CNc2ccccc2Cl)cc(OC)c1. The molecule has 0 saturated heterocycles. The van der Waals surface area contributed by atoms with Crippen LogP contribution in [0.5, 0.6) is 11.5 Å². The highest BCUT2D eigenvalue weighted by Crippen LogP contribution is 2.30. The number of rotatable bonds is 10. The Morgan fingerprint density at radius 2 is 1.49 bits per heavy atom. The highest BCUT2D eigenvalue weighted by molar-refractivity contribution is 7.91. The van der Waals surface area contributed by atoms with Crippen LogP contribution < -0.4 is 29.6 Å². The van der Waals surface area contributed by atoms with E-state index < -0.39 is 16.1 Å². The number of benzene rings is 3. The molecule has 1 amide bonds. The number of amides is 1. The van der Waals surface area contributed by atoms with Crippen molar-refractivity contribution in [1.29, 1.82) is 0 Å². The highest BCUT2D eigenvalue weighted by atomic mass is 35.5. The zero-order valence-electron chi connectivity index (χ0n) is 19.8. The van der Waals surface area contributed by atoms with Crippen molar-refractivity contribution in [3.05, 3.63) is 71.8 Å². The Morgan fingerprint density at radius 3 is 2.11 bits per heavy atom. The molecular weight excluding hydrogens is 520 g/mol. The second-order valence-electron chi connectivity index (χ2n) is 7.60. The molecule has 0 atom stereocenters. The van der Waals surface area contributed by atoms with Crippen molar-refractivity contribution in [3.63, 3.8) is 0 Å². The Kier molecular flexibility index (Phi) is 7.80. The van der Waals surface area contributed by atoms with Gasteiger partial charge in [0.1, 0.15) is 11.5 Å². The molecule has 11 nitrogen and oxygen atoms in total. The quantitative estimate of drug-likeness (QED) is 0.234. The second-order valence-corrected chi connectivity index (χ2v) is 9.42. The van der Waals surface area contributed by atoms with Crippen LogP contribution in [0.2, 0.25) is 5.02 Å². The number of methoxy groups -OCH3 is 2. The summed E-state index contributed by atoms with van der Waals surface area (Å²) in [5, 5.41) is 6.23. The minimum absolute atomic E-state index is 0.0982. The minimum Gasteiger partial charge on any atom is -0.497 e. The summed E-state index contributed by atoms with van der Waals surface area (Å²) in [6.45, 7) is -0.331. The van der Waals surface area contributed by atoms with Gasteiger partial charge in [-0.1, -0.05) is 35.9 Å². The molecular formula is C24H23ClN6O5S. The molecule has 0 aliphatic heterocycles. The van der Waals surface area contributed by atoms with Gasteiger partial charge in [-0.15, -0.1) is 0 Å². The molecule has 0 fully saturated rings. The molecule has 0 spiro atoms. The number of halogens is 1. The van der Waals surface area contributed by atoms with E-state index in [0.717, 1.165) is 0 Å². The molecule has 0 aliphatic rings. The lowest BCUT2D eigenvalue weighted by atomic mass is 10.2. The molecule has 3 aromatic carbocycles. The Balaban J connectivity index is 1.57. The maximum Gasteiger partial charge on any atom is 0.325 e. The van der Waals surface area contributed by atoms with E-state index >= 15 is 0 Å². The summed E-state index contributed by atoms with van der Waals surface area (Å²) in [5.74, 6) is 0.182. The van der Waals surface area contributed by atoms with Gasteiger partial charge >= 0.3 is 10.2 Å². The van der Waals surface area contributed by atoms with Crippen LogP contribution in [-0.4, -0.2) is 45.1 Å². The van der Waals surface area contributed by atoms with Crippen molar-refractivity contribution in [2.45, 2.75) is 0 Å². The maximum absolute atomic E-state index is 12.8. The van der Waals surface area contributed by atoms with Crippen LogP contribution in [-0.2, 0) is 15.0 Å². The standard InChI is InChI=1S/C24H23ClN6O5S/c1-35-16-11-15(12-17(13-16)36-2)27-23-24(29-21-10-6-5-9-20(21)28-23)31-37(33,34)30-22(32)14-26-19-8-4-3-7-18(19)25/h3-13,26H,14H2,1-2H3,(H,27,28)(H,29,31)(H,30,32). The highest BCUT2D eigenvalue weighted by Gasteiger charge is 2.19. The molecule has 0 saturated carbocycles. The van der Waals surface area contributed by atoms with E-state index in [4.69, 9.17) is 21.1 Å². The average Bonchev–Trinajstić information content (AvgIpc) is 2.87. The van der Waals surface area contributed by atoms with Crippen LogP contribution >= 0.6 is 11.6 Å². The fraction of sp³-hybridized carbons (Fsp3) is 0.125. The lowest BCUT2D eigenvalue weighted by Gasteiger charge is -2.15. The first-order chi connectivity index (χ1) is 17.8. The summed E-state index contributed by atoms with van der Waals surface area (Å²) in [5.41, 5.74) is 1.97. The third-order valence-electron chi connectivity index (χ3n) is 4.98. The van der Waals surface area contributed by atoms with Crippen LogP contribution in [0.25, 0.3) is 11.0 Å². The van der Waals surface area contributed by atoms with E-state index in [9.17, 15) is 13.2 Å². The van der Waals surface area contributed by atoms with Crippen molar-refractivity contribution in [2.24, 2.45) is 0 Å². The van der Waals surface area contributed by atoms with Crippen molar-refractivity contribution >= 4 is 61.8 Å². The van der Waals surface area contributed by atoms with Gasteiger partial charge in [-0.3, -0.25) is 4.79 Å². The zero-order chi connectivity index (χ0) is 26.4. The topological polar surface area (TPSA) is 144 Å². The van der Waals surface area contributed by atoms with Gasteiger partial charge in [-0.25, -0.2) is 19.4 Å². The normalized spacial score (nSPS) is 11.0. The number of nitrogens with zero attached hydrogens (tertiary/aromatic N) is 2. The summed E-state index contributed by atoms with van der Waals surface area (Å²) in [6.07, 6.45) is 0. The number of ether oxygens (including phenoxy) is 2. The van der Waals surface area contributed by atoms with Gasteiger partial charge in [0.15, 0.2) is 11.6 Å². The summed E-state index contributed by atoms with van der Waals surface area (Å²) >= 11 is 6.06. The largest absolute Gasteiger partial charge is 0.497 e. The number of fused-ring (bicyclic) bond motifs is 1. The molecule has 0 aliphatic carbocycles. The predicted molar refractivity (Wildman–Crippen MR) is 143 cm³/mol. The number of carbonyl (C=O) groups excluding carboxylic acids is 1. The molecule has 1 heterocycles. The lowest BCUT2D eigenvalue weighted by Crippen LogP contribution is -2.39. The molecule has 13 heteroatoms. The number of aromatic nitrogens is 2. The van der Waals surface area contributed by atoms with E-state index in [-0.39, 0.29) is 18.2 Å². The summed E-state index contributed by atoms with van der Waals surface area (Å²) < 4.78 is 40.4. The zero-order valence-corrected chi connectivity index (χ0v) is 21.4. The van der Waals surface area contributed by atoms with Crippen LogP contribution in [0, 0.1) is 0 Å². The number of anilines is 4. The molecule has 192 valence electrons. The number of nitrogens with one attached hydrogen (secondary N) is 4. The van der Waals surface area contributed by atoms with Gasteiger partial charge in [-0.05, 0) is 24.3 Å².